The number of aromatic nitrogens is 4. The van der Waals surface area contributed by atoms with Gasteiger partial charge in [-0.1, -0.05) is 6.42 Å². The van der Waals surface area contributed by atoms with Crippen molar-refractivity contribution in [3.05, 3.63) is 12.7 Å². The van der Waals surface area contributed by atoms with E-state index in [1.807, 2.05) is 11.9 Å². The predicted molar refractivity (Wildman–Crippen MR) is 101 cm³/mol. The summed E-state index contributed by atoms with van der Waals surface area (Å²) in [6.45, 7) is 3.50. The van der Waals surface area contributed by atoms with Gasteiger partial charge in [0.1, 0.15) is 12.9 Å². The fourth-order valence-corrected chi connectivity index (χ4v) is 4.63. The smallest absolute Gasteiger partial charge is 0.245 e. The van der Waals surface area contributed by atoms with E-state index in [2.05, 4.69) is 19.9 Å². The van der Waals surface area contributed by atoms with Crippen LogP contribution in [0.3, 0.4) is 0 Å². The molecule has 2 atom stereocenters. The van der Waals surface area contributed by atoms with Gasteiger partial charge in [0.15, 0.2) is 11.2 Å². The summed E-state index contributed by atoms with van der Waals surface area (Å²) in [6, 6.07) is 0.647. The molecule has 2 aromatic rings. The Bertz CT molecular complexity index is 805. The van der Waals surface area contributed by atoms with E-state index >= 15 is 0 Å². The highest BCUT2D eigenvalue weighted by Gasteiger charge is 2.34. The van der Waals surface area contributed by atoms with Crippen molar-refractivity contribution in [3.8, 4) is 5.88 Å². The SMILES string of the molecule is COc1ncnc2c1ncn2CC(=O)N(C)C[C@@H]1CCCN2CCCC[C@H]12. The van der Waals surface area contributed by atoms with Crippen LogP contribution in [0.25, 0.3) is 11.2 Å². The van der Waals surface area contributed by atoms with Crippen molar-refractivity contribution in [2.45, 2.75) is 44.7 Å². The first-order chi connectivity index (χ1) is 13.2. The third kappa shape index (κ3) is 3.63. The fourth-order valence-electron chi connectivity index (χ4n) is 4.63. The van der Waals surface area contributed by atoms with Crippen LogP contribution in [-0.2, 0) is 11.3 Å². The van der Waals surface area contributed by atoms with Crippen LogP contribution >= 0.6 is 0 Å². The lowest BCUT2D eigenvalue weighted by molar-refractivity contribution is -0.131. The van der Waals surface area contributed by atoms with E-state index in [4.69, 9.17) is 4.74 Å². The number of hydrogen-bond donors (Lipinski definition) is 0. The highest BCUT2D eigenvalue weighted by Crippen LogP contribution is 2.31. The summed E-state index contributed by atoms with van der Waals surface area (Å²) in [6.07, 6.45) is 9.44. The zero-order valence-electron chi connectivity index (χ0n) is 16.2. The van der Waals surface area contributed by atoms with Crippen molar-refractivity contribution in [1.29, 1.82) is 0 Å². The number of carbonyl (C=O) groups is 1. The lowest BCUT2D eigenvalue weighted by atomic mass is 9.83. The van der Waals surface area contributed by atoms with Gasteiger partial charge < -0.3 is 19.1 Å². The van der Waals surface area contributed by atoms with Gasteiger partial charge in [-0.25, -0.2) is 9.97 Å². The monoisotopic (exact) mass is 372 g/mol. The molecular formula is C19H28N6O2. The predicted octanol–water partition coefficient (Wildman–Crippen LogP) is 1.56. The molecule has 8 nitrogen and oxygen atoms in total. The first kappa shape index (κ1) is 18.2. The second-order valence-corrected chi connectivity index (χ2v) is 7.70. The Balaban J connectivity index is 1.42. The van der Waals surface area contributed by atoms with Gasteiger partial charge in [-0.3, -0.25) is 4.79 Å². The minimum absolute atomic E-state index is 0.0832. The van der Waals surface area contributed by atoms with Gasteiger partial charge in [0.05, 0.1) is 13.4 Å². The summed E-state index contributed by atoms with van der Waals surface area (Å²) in [4.78, 5) is 30.0. The van der Waals surface area contributed by atoms with Crippen LogP contribution in [0.15, 0.2) is 12.7 Å². The quantitative estimate of drug-likeness (QED) is 0.793. The molecular weight excluding hydrogens is 344 g/mol. The van der Waals surface area contributed by atoms with Gasteiger partial charge in [0.2, 0.25) is 11.8 Å². The minimum Gasteiger partial charge on any atom is -0.479 e. The van der Waals surface area contributed by atoms with Crippen molar-refractivity contribution < 1.29 is 9.53 Å². The molecule has 4 rings (SSSR count). The molecule has 0 saturated carbocycles. The van der Waals surface area contributed by atoms with Crippen molar-refractivity contribution in [2.75, 3.05) is 33.8 Å². The van der Waals surface area contributed by atoms with Crippen LogP contribution in [0, 0.1) is 5.92 Å². The lowest BCUT2D eigenvalue weighted by Gasteiger charge is -2.45. The van der Waals surface area contributed by atoms with Gasteiger partial charge in [-0.2, -0.15) is 4.98 Å². The largest absolute Gasteiger partial charge is 0.479 e. The number of piperidine rings is 2. The van der Waals surface area contributed by atoms with E-state index in [-0.39, 0.29) is 12.5 Å². The number of nitrogens with zero attached hydrogens (tertiary/aromatic N) is 6. The van der Waals surface area contributed by atoms with Gasteiger partial charge in [0, 0.05) is 19.6 Å². The van der Waals surface area contributed by atoms with E-state index < -0.39 is 0 Å². The average molecular weight is 372 g/mol. The molecule has 8 heteroatoms. The number of likely N-dealkylation sites (N-methyl/N-ethyl adjacent to an activating group) is 1. The third-order valence-corrected chi connectivity index (χ3v) is 6.03. The van der Waals surface area contributed by atoms with E-state index in [0.29, 0.717) is 29.0 Å². The second-order valence-electron chi connectivity index (χ2n) is 7.70. The summed E-state index contributed by atoms with van der Waals surface area (Å²) >= 11 is 0. The summed E-state index contributed by atoms with van der Waals surface area (Å²) < 4.78 is 6.99. The fraction of sp³-hybridized carbons (Fsp3) is 0.684. The number of imidazole rings is 1. The first-order valence-electron chi connectivity index (χ1n) is 9.85. The number of fused-ring (bicyclic) bond motifs is 2. The Hall–Kier alpha value is -2.22. The van der Waals surface area contributed by atoms with Crippen LogP contribution in [0.4, 0.5) is 0 Å². The Morgan fingerprint density at radius 2 is 2.07 bits per heavy atom. The average Bonchev–Trinajstić information content (AvgIpc) is 3.11. The number of ether oxygens (including phenoxy) is 1. The molecule has 1 amide bonds. The summed E-state index contributed by atoms with van der Waals surface area (Å²) in [5.74, 6) is 1.09. The molecule has 146 valence electrons. The van der Waals surface area contributed by atoms with Crippen LogP contribution in [-0.4, -0.2) is 75.1 Å². The second kappa shape index (κ2) is 7.80. The Kier molecular flexibility index (Phi) is 5.24. The maximum absolute atomic E-state index is 12.8. The van der Waals surface area contributed by atoms with Gasteiger partial charge in [-0.05, 0) is 44.7 Å². The molecule has 2 aliphatic rings. The van der Waals surface area contributed by atoms with E-state index in [1.165, 1.54) is 51.5 Å². The van der Waals surface area contributed by atoms with Crippen LogP contribution < -0.4 is 4.74 Å². The van der Waals surface area contributed by atoms with E-state index in [1.54, 1.807) is 18.0 Å². The molecule has 2 saturated heterocycles. The van der Waals surface area contributed by atoms with Crippen LogP contribution in [0.2, 0.25) is 0 Å². The maximum Gasteiger partial charge on any atom is 0.245 e. The van der Waals surface area contributed by atoms with Gasteiger partial charge in [0.25, 0.3) is 0 Å². The normalized spacial score (nSPS) is 23.2. The molecule has 2 aliphatic heterocycles. The number of methoxy groups -OCH3 is 1. The molecule has 2 fully saturated rings. The standard InChI is InChI=1S/C19H28N6O2/c1-23(10-14-6-5-9-24-8-4-3-7-15(14)24)16(26)11-25-13-22-17-18(25)20-12-21-19(17)27-2/h12-15H,3-11H2,1-2H3/t14-,15+/m0/s1. The number of hydrogen-bond acceptors (Lipinski definition) is 6. The molecule has 0 unspecified atom stereocenters. The van der Waals surface area contributed by atoms with E-state index in [9.17, 15) is 4.79 Å². The maximum atomic E-state index is 12.8. The van der Waals surface area contributed by atoms with Crippen LogP contribution in [0.5, 0.6) is 5.88 Å². The lowest BCUT2D eigenvalue weighted by Crippen LogP contribution is -2.51. The molecule has 0 bridgehead atoms. The Labute approximate surface area is 159 Å². The molecule has 27 heavy (non-hydrogen) atoms. The highest BCUT2D eigenvalue weighted by atomic mass is 16.5. The van der Waals surface area contributed by atoms with Crippen molar-refractivity contribution in [2.24, 2.45) is 5.92 Å². The summed E-state index contributed by atoms with van der Waals surface area (Å²) in [5, 5.41) is 0. The van der Waals surface area contributed by atoms with Gasteiger partial charge >= 0.3 is 0 Å². The molecule has 0 aliphatic carbocycles. The zero-order valence-corrected chi connectivity index (χ0v) is 16.2. The van der Waals surface area contributed by atoms with Crippen molar-refractivity contribution in [1.82, 2.24) is 29.3 Å². The number of amides is 1. The van der Waals surface area contributed by atoms with Gasteiger partial charge in [-0.15, -0.1) is 0 Å². The molecule has 0 aromatic carbocycles. The van der Waals surface area contributed by atoms with Crippen LogP contribution in [0.1, 0.15) is 32.1 Å². The highest BCUT2D eigenvalue weighted by molar-refractivity contribution is 5.80. The molecule has 0 spiro atoms. The van der Waals surface area contributed by atoms with Crippen molar-refractivity contribution >= 4 is 17.1 Å². The van der Waals surface area contributed by atoms with Crippen molar-refractivity contribution in [3.63, 3.8) is 0 Å². The Morgan fingerprint density at radius 1 is 1.22 bits per heavy atom. The van der Waals surface area contributed by atoms with E-state index in [0.717, 1.165) is 6.54 Å². The molecule has 4 heterocycles. The third-order valence-electron chi connectivity index (χ3n) is 6.03. The molecule has 0 N–H and O–H groups in total. The number of rotatable bonds is 5. The number of carbonyl (C=O) groups excluding carboxylic acids is 1. The molecule has 0 radical (unpaired) electrons. The topological polar surface area (TPSA) is 76.4 Å². The first-order valence-corrected chi connectivity index (χ1v) is 9.85. The zero-order chi connectivity index (χ0) is 18.8. The Morgan fingerprint density at radius 3 is 2.93 bits per heavy atom. The molecule has 2 aromatic heterocycles. The minimum atomic E-state index is 0.0832. The summed E-state index contributed by atoms with van der Waals surface area (Å²) in [5.41, 5.74) is 1.21. The summed E-state index contributed by atoms with van der Waals surface area (Å²) in [7, 11) is 3.47.